The van der Waals surface area contributed by atoms with Crippen LogP contribution in [0, 0.1) is 17.5 Å². The van der Waals surface area contributed by atoms with Crippen LogP contribution in [-0.4, -0.2) is 26.6 Å². The van der Waals surface area contributed by atoms with Crippen LogP contribution in [0.1, 0.15) is 24.5 Å². The molecule has 1 N–H and O–H groups in total. The summed E-state index contributed by atoms with van der Waals surface area (Å²) in [4.78, 5) is 13.7. The Hall–Kier alpha value is -2.67. The topological polar surface area (TPSA) is 40.5 Å². The van der Waals surface area contributed by atoms with Crippen molar-refractivity contribution < 1.29 is 23.1 Å². The number of benzene rings is 2. The second-order valence-corrected chi connectivity index (χ2v) is 8.68. The quantitative estimate of drug-likeness (QED) is 0.595. The molecule has 1 aliphatic rings. The van der Waals surface area contributed by atoms with Gasteiger partial charge in [-0.05, 0) is 60.4 Å². The van der Waals surface area contributed by atoms with Crippen molar-refractivity contribution in [3.63, 3.8) is 0 Å². The molecule has 30 heavy (non-hydrogen) atoms. The first-order chi connectivity index (χ1) is 14.3. The molecule has 2 atom stereocenters. The molecule has 3 nitrogen and oxygen atoms in total. The molecule has 1 heterocycles. The van der Waals surface area contributed by atoms with Crippen molar-refractivity contribution in [2.24, 2.45) is 0 Å². The molecule has 0 spiro atoms. The number of rotatable bonds is 8. The maximum absolute atomic E-state index is 13.4. The Morgan fingerprint density at radius 2 is 1.80 bits per heavy atom. The third-order valence-electron chi connectivity index (χ3n) is 4.83. The Bertz CT molecular complexity index is 959. The molecule has 0 bridgehead atoms. The van der Waals surface area contributed by atoms with Crippen LogP contribution < -0.4 is 0 Å². The van der Waals surface area contributed by atoms with E-state index in [1.165, 1.54) is 30.0 Å². The van der Waals surface area contributed by atoms with Crippen molar-refractivity contribution in [2.75, 3.05) is 0 Å². The van der Waals surface area contributed by atoms with E-state index in [1.807, 2.05) is 18.0 Å². The van der Waals surface area contributed by atoms with Gasteiger partial charge in [0.1, 0.15) is 11.2 Å². The van der Waals surface area contributed by atoms with Gasteiger partial charge in [-0.25, -0.2) is 18.0 Å². The highest BCUT2D eigenvalue weighted by atomic mass is 32.2. The molecule has 1 aliphatic heterocycles. The molecule has 0 saturated carbocycles. The van der Waals surface area contributed by atoms with Crippen LogP contribution in [0.5, 0.6) is 0 Å². The number of carbonyl (C=O) groups is 1. The highest BCUT2D eigenvalue weighted by Gasteiger charge is 2.29. The molecule has 0 fully saturated rings. The molecule has 7 heteroatoms. The van der Waals surface area contributed by atoms with E-state index in [0.717, 1.165) is 11.6 Å². The number of nitrogens with zero attached hydrogens (tertiary/aromatic N) is 1. The number of carboxylic acid groups (broad SMARTS) is 1. The molecule has 0 saturated heterocycles. The molecule has 3 rings (SSSR count). The van der Waals surface area contributed by atoms with Gasteiger partial charge in [0.05, 0.1) is 5.57 Å². The van der Waals surface area contributed by atoms with Gasteiger partial charge in [0.15, 0.2) is 11.6 Å². The number of hydrogen-bond donors (Lipinski definition) is 1. The van der Waals surface area contributed by atoms with E-state index in [-0.39, 0.29) is 16.6 Å². The minimum atomic E-state index is -0.992. The van der Waals surface area contributed by atoms with E-state index in [0.29, 0.717) is 24.9 Å². The van der Waals surface area contributed by atoms with Gasteiger partial charge < -0.3 is 10.0 Å². The van der Waals surface area contributed by atoms with Crippen LogP contribution in [0.2, 0.25) is 0 Å². The number of hydrogen-bond acceptors (Lipinski definition) is 3. The van der Waals surface area contributed by atoms with Crippen molar-refractivity contribution in [1.29, 1.82) is 0 Å². The summed E-state index contributed by atoms with van der Waals surface area (Å²) in [5.41, 5.74) is 1.83. The van der Waals surface area contributed by atoms with Gasteiger partial charge in [-0.15, -0.1) is 11.8 Å². The number of allylic oxidation sites excluding steroid dienone is 2. The van der Waals surface area contributed by atoms with Gasteiger partial charge >= 0.3 is 5.97 Å². The molecular weight excluding hydrogens is 411 g/mol. The average Bonchev–Trinajstić information content (AvgIpc) is 2.71. The van der Waals surface area contributed by atoms with Crippen LogP contribution in [0.25, 0.3) is 0 Å². The zero-order chi connectivity index (χ0) is 21.7. The van der Waals surface area contributed by atoms with Crippen molar-refractivity contribution in [3.05, 3.63) is 95.0 Å². The Morgan fingerprint density at radius 1 is 1.10 bits per heavy atom. The van der Waals surface area contributed by atoms with Crippen LogP contribution in [0.4, 0.5) is 13.2 Å². The Kier molecular flexibility index (Phi) is 7.26. The molecule has 0 aromatic heterocycles. The molecule has 2 aromatic rings. The minimum Gasteiger partial charge on any atom is -0.478 e. The predicted octanol–water partition coefficient (Wildman–Crippen LogP) is 5.52. The van der Waals surface area contributed by atoms with E-state index in [2.05, 4.69) is 0 Å². The van der Waals surface area contributed by atoms with Crippen molar-refractivity contribution in [2.45, 2.75) is 36.9 Å². The fraction of sp³-hybridized carbons (Fsp3) is 0.261. The maximum Gasteiger partial charge on any atom is 0.334 e. The Morgan fingerprint density at radius 3 is 2.47 bits per heavy atom. The Labute approximate surface area is 177 Å². The monoisotopic (exact) mass is 433 g/mol. The third kappa shape index (κ3) is 5.69. The fourth-order valence-corrected chi connectivity index (χ4v) is 4.54. The summed E-state index contributed by atoms with van der Waals surface area (Å²) in [6.45, 7) is 2.42. The second-order valence-electron chi connectivity index (χ2n) is 7.15. The molecule has 158 valence electrons. The van der Waals surface area contributed by atoms with E-state index >= 15 is 0 Å². The number of halogens is 3. The van der Waals surface area contributed by atoms with Crippen LogP contribution in [-0.2, 0) is 17.8 Å². The lowest BCUT2D eigenvalue weighted by atomic mass is 10.1. The maximum atomic E-state index is 13.4. The lowest BCUT2D eigenvalue weighted by molar-refractivity contribution is -0.133. The molecule has 0 aliphatic carbocycles. The first-order valence-corrected chi connectivity index (χ1v) is 10.5. The molecule has 0 amide bonds. The lowest BCUT2D eigenvalue weighted by Gasteiger charge is -2.34. The smallest absolute Gasteiger partial charge is 0.334 e. The number of carboxylic acids is 1. The van der Waals surface area contributed by atoms with Gasteiger partial charge in [-0.3, -0.25) is 0 Å². The molecule has 2 unspecified atom stereocenters. The van der Waals surface area contributed by atoms with E-state index in [4.69, 9.17) is 0 Å². The first kappa shape index (κ1) is 22.0. The van der Waals surface area contributed by atoms with Crippen LogP contribution in [0.15, 0.2) is 66.4 Å². The van der Waals surface area contributed by atoms with Crippen molar-refractivity contribution in [1.82, 2.24) is 4.90 Å². The van der Waals surface area contributed by atoms with Gasteiger partial charge in [0, 0.05) is 18.0 Å². The number of aliphatic carboxylic acids is 1. The molecule has 2 aromatic carbocycles. The number of thioether (sulfide) groups is 1. The highest BCUT2D eigenvalue weighted by Crippen LogP contribution is 2.33. The second kappa shape index (κ2) is 9.89. The lowest BCUT2D eigenvalue weighted by Crippen LogP contribution is -2.35. The van der Waals surface area contributed by atoms with Gasteiger partial charge in [-0.1, -0.05) is 25.1 Å². The fourth-order valence-electron chi connectivity index (χ4n) is 3.21. The zero-order valence-electron chi connectivity index (χ0n) is 16.4. The van der Waals surface area contributed by atoms with Crippen molar-refractivity contribution >= 4 is 17.7 Å². The summed E-state index contributed by atoms with van der Waals surface area (Å²) in [5, 5.41) is 9.28. The standard InChI is InChI=1S/C23H22F3NO2S/c1-15(4-5-16-8-11-20(25)21(26)13-16)30-22-19(23(28)29)3-2-12-27(22)14-17-6-9-18(24)10-7-17/h2-3,6-13,15,22H,4-5,14H2,1H3,(H,28,29). The predicted molar refractivity (Wildman–Crippen MR) is 112 cm³/mol. The normalized spacial score (nSPS) is 17.0. The van der Waals surface area contributed by atoms with Crippen LogP contribution in [0.3, 0.4) is 0 Å². The van der Waals surface area contributed by atoms with E-state index in [1.54, 1.807) is 30.4 Å². The van der Waals surface area contributed by atoms with Gasteiger partial charge in [0.25, 0.3) is 0 Å². The van der Waals surface area contributed by atoms with Gasteiger partial charge in [0.2, 0.25) is 0 Å². The van der Waals surface area contributed by atoms with E-state index in [9.17, 15) is 23.1 Å². The summed E-state index contributed by atoms with van der Waals surface area (Å²) in [6.07, 6.45) is 6.33. The van der Waals surface area contributed by atoms with Crippen molar-refractivity contribution in [3.8, 4) is 0 Å². The van der Waals surface area contributed by atoms with E-state index < -0.39 is 23.0 Å². The highest BCUT2D eigenvalue weighted by molar-refractivity contribution is 8.00. The summed E-state index contributed by atoms with van der Waals surface area (Å²) in [7, 11) is 0. The largest absolute Gasteiger partial charge is 0.478 e. The first-order valence-electron chi connectivity index (χ1n) is 9.54. The van der Waals surface area contributed by atoms with Gasteiger partial charge in [-0.2, -0.15) is 0 Å². The summed E-state index contributed by atoms with van der Waals surface area (Å²) in [6, 6.07) is 9.98. The number of aryl methyl sites for hydroxylation is 1. The SMILES string of the molecule is CC(CCc1ccc(F)c(F)c1)SC1C(C(=O)O)=CC=CN1Cc1ccc(F)cc1. The summed E-state index contributed by atoms with van der Waals surface area (Å²) >= 11 is 1.50. The summed E-state index contributed by atoms with van der Waals surface area (Å²) < 4.78 is 39.7. The zero-order valence-corrected chi connectivity index (χ0v) is 17.2. The minimum absolute atomic E-state index is 0.0630. The third-order valence-corrected chi connectivity index (χ3v) is 6.31. The Balaban J connectivity index is 1.68. The summed E-state index contributed by atoms with van der Waals surface area (Å²) in [5.74, 6) is -3.06. The average molecular weight is 433 g/mol. The molecule has 0 radical (unpaired) electrons. The van der Waals surface area contributed by atoms with Crippen LogP contribution >= 0.6 is 11.8 Å². The molecular formula is C23H22F3NO2S.